The van der Waals surface area contributed by atoms with Gasteiger partial charge < -0.3 is 5.11 Å². The summed E-state index contributed by atoms with van der Waals surface area (Å²) in [5.41, 5.74) is 4.36. The van der Waals surface area contributed by atoms with E-state index in [1.807, 2.05) is 6.07 Å². The maximum atomic E-state index is 10.4. The van der Waals surface area contributed by atoms with Crippen LogP contribution in [0.2, 0.25) is 0 Å². The van der Waals surface area contributed by atoms with Crippen LogP contribution in [0.3, 0.4) is 0 Å². The molecule has 1 unspecified atom stereocenters. The van der Waals surface area contributed by atoms with Crippen LogP contribution < -0.4 is 0 Å². The number of benzene rings is 1. The second-order valence-corrected chi connectivity index (χ2v) is 6.37. The minimum Gasteiger partial charge on any atom is -0.388 e. The molecule has 1 aliphatic rings. The Bertz CT molecular complexity index is 591. The van der Waals surface area contributed by atoms with Gasteiger partial charge in [-0.05, 0) is 38.3 Å². The van der Waals surface area contributed by atoms with Crippen LogP contribution in [-0.4, -0.2) is 14.9 Å². The summed E-state index contributed by atoms with van der Waals surface area (Å²) in [5, 5.41) is 15.1. The SMILES string of the molecule is Cc1cc(C)cc(C(O)Cc2ccn(C3CCCC3)n2)c1. The first-order chi connectivity index (χ1) is 10.1. The average Bonchev–Trinajstić information content (AvgIpc) is 3.07. The number of hydrogen-bond acceptors (Lipinski definition) is 2. The summed E-state index contributed by atoms with van der Waals surface area (Å²) in [7, 11) is 0. The minimum absolute atomic E-state index is 0.476. The lowest BCUT2D eigenvalue weighted by atomic mass is 10.0. The lowest BCUT2D eigenvalue weighted by Crippen LogP contribution is -2.07. The summed E-state index contributed by atoms with van der Waals surface area (Å²) in [6.45, 7) is 4.13. The topological polar surface area (TPSA) is 38.0 Å². The lowest BCUT2D eigenvalue weighted by Gasteiger charge is -2.12. The van der Waals surface area contributed by atoms with Gasteiger partial charge in [0.25, 0.3) is 0 Å². The molecule has 1 saturated carbocycles. The molecule has 21 heavy (non-hydrogen) atoms. The number of aromatic nitrogens is 2. The molecule has 0 radical (unpaired) electrons. The van der Waals surface area contributed by atoms with Gasteiger partial charge in [0.15, 0.2) is 0 Å². The van der Waals surface area contributed by atoms with Crippen LogP contribution in [-0.2, 0) is 6.42 Å². The van der Waals surface area contributed by atoms with Crippen molar-refractivity contribution < 1.29 is 5.11 Å². The highest BCUT2D eigenvalue weighted by molar-refractivity contribution is 5.30. The Labute approximate surface area is 126 Å². The van der Waals surface area contributed by atoms with Crippen molar-refractivity contribution in [2.24, 2.45) is 0 Å². The van der Waals surface area contributed by atoms with Gasteiger partial charge in [-0.15, -0.1) is 0 Å². The summed E-state index contributed by atoms with van der Waals surface area (Å²) in [4.78, 5) is 0. The van der Waals surface area contributed by atoms with Crippen molar-refractivity contribution in [1.82, 2.24) is 9.78 Å². The third-order valence-corrected chi connectivity index (χ3v) is 4.39. The van der Waals surface area contributed by atoms with Crippen LogP contribution in [0.25, 0.3) is 0 Å². The maximum Gasteiger partial charge on any atom is 0.0846 e. The first-order valence-electron chi connectivity index (χ1n) is 7.92. The van der Waals surface area contributed by atoms with Gasteiger partial charge in [0.2, 0.25) is 0 Å². The zero-order valence-corrected chi connectivity index (χ0v) is 12.9. The second-order valence-electron chi connectivity index (χ2n) is 6.37. The van der Waals surface area contributed by atoms with E-state index in [1.54, 1.807) is 0 Å². The van der Waals surface area contributed by atoms with Crippen LogP contribution in [0.15, 0.2) is 30.5 Å². The van der Waals surface area contributed by atoms with E-state index in [4.69, 9.17) is 0 Å². The van der Waals surface area contributed by atoms with Crippen LogP contribution in [0.1, 0.15) is 60.2 Å². The predicted octanol–water partition coefficient (Wildman–Crippen LogP) is 3.89. The summed E-state index contributed by atoms with van der Waals surface area (Å²) in [5.74, 6) is 0. The van der Waals surface area contributed by atoms with Crippen molar-refractivity contribution in [2.45, 2.75) is 58.1 Å². The molecule has 2 aromatic rings. The fraction of sp³-hybridized carbons (Fsp3) is 0.500. The number of aliphatic hydroxyl groups is 1. The molecule has 3 nitrogen and oxygen atoms in total. The van der Waals surface area contributed by atoms with Crippen LogP contribution in [0, 0.1) is 13.8 Å². The lowest BCUT2D eigenvalue weighted by molar-refractivity contribution is 0.176. The van der Waals surface area contributed by atoms with Gasteiger partial charge in [0, 0.05) is 12.6 Å². The van der Waals surface area contributed by atoms with Gasteiger partial charge in [0.05, 0.1) is 17.8 Å². The zero-order valence-electron chi connectivity index (χ0n) is 12.9. The summed E-state index contributed by atoms with van der Waals surface area (Å²) < 4.78 is 2.09. The summed E-state index contributed by atoms with van der Waals surface area (Å²) >= 11 is 0. The number of nitrogens with zero attached hydrogens (tertiary/aromatic N) is 2. The van der Waals surface area contributed by atoms with Crippen molar-refractivity contribution in [2.75, 3.05) is 0 Å². The molecule has 1 N–H and O–H groups in total. The van der Waals surface area contributed by atoms with E-state index in [-0.39, 0.29) is 0 Å². The predicted molar refractivity (Wildman–Crippen MR) is 84.3 cm³/mol. The maximum absolute atomic E-state index is 10.4. The molecule has 1 atom stereocenters. The van der Waals surface area contributed by atoms with Crippen LogP contribution in [0.5, 0.6) is 0 Å². The van der Waals surface area contributed by atoms with E-state index < -0.39 is 6.10 Å². The fourth-order valence-corrected chi connectivity index (χ4v) is 3.38. The molecule has 3 heteroatoms. The molecule has 0 bridgehead atoms. The van der Waals surface area contributed by atoms with Crippen LogP contribution in [0.4, 0.5) is 0 Å². The van der Waals surface area contributed by atoms with Crippen molar-refractivity contribution in [3.63, 3.8) is 0 Å². The smallest absolute Gasteiger partial charge is 0.0846 e. The number of hydrogen-bond donors (Lipinski definition) is 1. The molecule has 1 aromatic heterocycles. The van der Waals surface area contributed by atoms with Gasteiger partial charge in [-0.3, -0.25) is 4.68 Å². The molecule has 1 heterocycles. The van der Waals surface area contributed by atoms with E-state index in [1.165, 1.54) is 36.8 Å². The highest BCUT2D eigenvalue weighted by Crippen LogP contribution is 2.29. The molecule has 112 valence electrons. The Morgan fingerprint density at radius 1 is 1.19 bits per heavy atom. The van der Waals surface area contributed by atoms with Gasteiger partial charge in [0.1, 0.15) is 0 Å². The van der Waals surface area contributed by atoms with Gasteiger partial charge in [-0.25, -0.2) is 0 Å². The Kier molecular flexibility index (Phi) is 4.11. The molecule has 3 rings (SSSR count). The molecule has 1 aliphatic carbocycles. The van der Waals surface area contributed by atoms with Gasteiger partial charge in [-0.2, -0.15) is 5.10 Å². The van der Waals surface area contributed by atoms with E-state index in [0.717, 1.165) is 11.3 Å². The summed E-state index contributed by atoms with van der Waals surface area (Å²) in [6.07, 6.45) is 7.27. The van der Waals surface area contributed by atoms with Crippen LogP contribution >= 0.6 is 0 Å². The zero-order chi connectivity index (χ0) is 14.8. The van der Waals surface area contributed by atoms with Crippen molar-refractivity contribution in [1.29, 1.82) is 0 Å². The second kappa shape index (κ2) is 6.02. The molecule has 0 aliphatic heterocycles. The number of aryl methyl sites for hydroxylation is 2. The molecule has 0 saturated heterocycles. The Morgan fingerprint density at radius 2 is 1.86 bits per heavy atom. The van der Waals surface area contributed by atoms with Crippen molar-refractivity contribution in [3.8, 4) is 0 Å². The third-order valence-electron chi connectivity index (χ3n) is 4.39. The number of rotatable bonds is 4. The van der Waals surface area contributed by atoms with E-state index >= 15 is 0 Å². The molecular formula is C18H24N2O. The van der Waals surface area contributed by atoms with Gasteiger partial charge >= 0.3 is 0 Å². The Morgan fingerprint density at radius 3 is 2.52 bits per heavy atom. The van der Waals surface area contributed by atoms with Gasteiger partial charge in [-0.1, -0.05) is 42.2 Å². The molecule has 0 amide bonds. The molecule has 1 aromatic carbocycles. The normalized spacial score (nSPS) is 17.3. The first kappa shape index (κ1) is 14.3. The van der Waals surface area contributed by atoms with Crippen molar-refractivity contribution >= 4 is 0 Å². The first-order valence-corrected chi connectivity index (χ1v) is 7.92. The Balaban J connectivity index is 1.70. The molecule has 1 fully saturated rings. The minimum atomic E-state index is -0.476. The number of aliphatic hydroxyl groups excluding tert-OH is 1. The highest BCUT2D eigenvalue weighted by Gasteiger charge is 2.18. The van der Waals surface area contributed by atoms with E-state index in [9.17, 15) is 5.11 Å². The quantitative estimate of drug-likeness (QED) is 0.925. The molecule has 0 spiro atoms. The van der Waals surface area contributed by atoms with E-state index in [2.05, 4.69) is 48.0 Å². The standard InChI is InChI=1S/C18H24N2O/c1-13-9-14(2)11-15(10-13)18(21)12-16-7-8-20(19-16)17-5-3-4-6-17/h7-11,17-18,21H,3-6,12H2,1-2H3. The summed E-state index contributed by atoms with van der Waals surface area (Å²) in [6, 6.07) is 8.86. The van der Waals surface area contributed by atoms with E-state index in [0.29, 0.717) is 12.5 Å². The largest absolute Gasteiger partial charge is 0.388 e. The Hall–Kier alpha value is -1.61. The van der Waals surface area contributed by atoms with Crippen molar-refractivity contribution in [3.05, 3.63) is 52.8 Å². The molecular weight excluding hydrogens is 260 g/mol. The average molecular weight is 284 g/mol. The highest BCUT2D eigenvalue weighted by atomic mass is 16.3. The monoisotopic (exact) mass is 284 g/mol. The third kappa shape index (κ3) is 3.35. The fourth-order valence-electron chi connectivity index (χ4n) is 3.38.